The first-order chi connectivity index (χ1) is 19.0. The molecular formula is C27H25F2N7O3. The Kier molecular flexibility index (Phi) is 5.49. The smallest absolute Gasteiger partial charge is 0.387 e. The number of nitrogens with zero attached hydrogens (tertiary/aromatic N) is 6. The Bertz CT molecular complexity index is 1630. The summed E-state index contributed by atoms with van der Waals surface area (Å²) in [5, 5.41) is 3.44. The van der Waals surface area contributed by atoms with Crippen molar-refractivity contribution in [1.82, 2.24) is 29.5 Å². The third kappa shape index (κ3) is 3.89. The number of nitrogens with one attached hydrogen (secondary N) is 1. The molecule has 12 heteroatoms. The first-order valence-corrected chi connectivity index (χ1v) is 12.9. The molecule has 0 aliphatic carbocycles. The molecule has 2 fully saturated rings. The van der Waals surface area contributed by atoms with E-state index >= 15 is 0 Å². The number of para-hydroxylation sites is 1. The predicted octanol–water partition coefficient (Wildman–Crippen LogP) is 3.07. The molecule has 5 heterocycles. The van der Waals surface area contributed by atoms with E-state index in [4.69, 9.17) is 4.74 Å². The van der Waals surface area contributed by atoms with Crippen LogP contribution in [-0.2, 0) is 6.54 Å². The highest BCUT2D eigenvalue weighted by atomic mass is 19.3. The summed E-state index contributed by atoms with van der Waals surface area (Å²) < 4.78 is 34.5. The second kappa shape index (κ2) is 9.07. The third-order valence-electron chi connectivity index (χ3n) is 7.86. The van der Waals surface area contributed by atoms with Gasteiger partial charge in [-0.1, -0.05) is 24.3 Å². The number of alkyl halides is 2. The molecule has 3 aliphatic heterocycles. The van der Waals surface area contributed by atoms with Gasteiger partial charge in [-0.25, -0.2) is 19.4 Å². The van der Waals surface area contributed by atoms with E-state index in [1.54, 1.807) is 41.3 Å². The van der Waals surface area contributed by atoms with E-state index in [0.29, 0.717) is 61.6 Å². The SMILES string of the molecule is O=C1NC[C@@H]2CN(c3ncc(-c4ccc5c(=O)n6n(c5c4)[C@H](c4ccccc4OC(F)F)CC6)cn3)CCN12. The highest BCUT2D eigenvalue weighted by Gasteiger charge is 2.36. The van der Waals surface area contributed by atoms with E-state index in [1.165, 1.54) is 6.07 Å². The highest BCUT2D eigenvalue weighted by molar-refractivity contribution is 5.85. The topological polar surface area (TPSA) is 97.5 Å². The van der Waals surface area contributed by atoms with Gasteiger partial charge in [-0.05, 0) is 30.2 Å². The van der Waals surface area contributed by atoms with Gasteiger partial charge in [-0.2, -0.15) is 8.78 Å². The van der Waals surface area contributed by atoms with Crippen molar-refractivity contribution in [1.29, 1.82) is 0 Å². The number of carbonyl (C=O) groups is 1. The highest BCUT2D eigenvalue weighted by Crippen LogP contribution is 2.37. The molecule has 3 aliphatic rings. The summed E-state index contributed by atoms with van der Waals surface area (Å²) in [5.41, 5.74) is 2.84. The number of anilines is 1. The fourth-order valence-electron chi connectivity index (χ4n) is 6.03. The van der Waals surface area contributed by atoms with Crippen LogP contribution in [0.4, 0.5) is 19.5 Å². The Morgan fingerprint density at radius 1 is 1.00 bits per heavy atom. The summed E-state index contributed by atoms with van der Waals surface area (Å²) in [6.45, 7) is 0.110. The van der Waals surface area contributed by atoms with Gasteiger partial charge in [0.25, 0.3) is 5.56 Å². The zero-order valence-corrected chi connectivity index (χ0v) is 20.8. The van der Waals surface area contributed by atoms with E-state index in [2.05, 4.69) is 20.2 Å². The number of aromatic nitrogens is 4. The maximum absolute atomic E-state index is 13.2. The molecule has 2 saturated heterocycles. The average molecular weight is 534 g/mol. The summed E-state index contributed by atoms with van der Waals surface area (Å²) >= 11 is 0. The van der Waals surface area contributed by atoms with Crippen LogP contribution in [0.3, 0.4) is 0 Å². The van der Waals surface area contributed by atoms with Crippen LogP contribution in [-0.4, -0.2) is 69.1 Å². The van der Waals surface area contributed by atoms with Crippen molar-refractivity contribution in [3.05, 3.63) is 70.8 Å². The number of halogens is 2. The summed E-state index contributed by atoms with van der Waals surface area (Å²) in [5.74, 6) is 0.717. The predicted molar refractivity (Wildman–Crippen MR) is 139 cm³/mol. The Labute approximate surface area is 221 Å². The van der Waals surface area contributed by atoms with E-state index in [1.807, 2.05) is 21.7 Å². The zero-order valence-electron chi connectivity index (χ0n) is 20.8. The quantitative estimate of drug-likeness (QED) is 0.424. The molecule has 2 aromatic heterocycles. The molecule has 200 valence electrons. The first kappa shape index (κ1) is 23.6. The van der Waals surface area contributed by atoms with E-state index in [9.17, 15) is 18.4 Å². The Morgan fingerprint density at radius 3 is 2.64 bits per heavy atom. The summed E-state index contributed by atoms with van der Waals surface area (Å²) in [4.78, 5) is 38.2. The van der Waals surface area contributed by atoms with Crippen LogP contribution >= 0.6 is 0 Å². The molecule has 1 N–H and O–H groups in total. The number of amides is 2. The maximum atomic E-state index is 13.2. The van der Waals surface area contributed by atoms with Gasteiger partial charge in [0.2, 0.25) is 5.95 Å². The fraction of sp³-hybridized carbons (Fsp3) is 0.333. The van der Waals surface area contributed by atoms with Crippen LogP contribution in [0.1, 0.15) is 18.0 Å². The van der Waals surface area contributed by atoms with Crippen molar-refractivity contribution in [2.45, 2.75) is 31.7 Å². The summed E-state index contributed by atoms with van der Waals surface area (Å²) in [7, 11) is 0. The normalized spacial score (nSPS) is 20.4. The second-order valence-electron chi connectivity index (χ2n) is 9.98. The van der Waals surface area contributed by atoms with Gasteiger partial charge < -0.3 is 19.9 Å². The van der Waals surface area contributed by atoms with Gasteiger partial charge in [0.05, 0.1) is 23.0 Å². The number of carbonyl (C=O) groups excluding carboxylic acids is 1. The number of urea groups is 1. The lowest BCUT2D eigenvalue weighted by atomic mass is 10.0. The van der Waals surface area contributed by atoms with Gasteiger partial charge in [0.15, 0.2) is 0 Å². The minimum absolute atomic E-state index is 0.0187. The average Bonchev–Trinajstić information content (AvgIpc) is 3.63. The molecular weight excluding hydrogens is 508 g/mol. The largest absolute Gasteiger partial charge is 0.434 e. The van der Waals surface area contributed by atoms with Crippen molar-refractivity contribution in [3.63, 3.8) is 0 Å². The minimum atomic E-state index is -2.94. The van der Waals surface area contributed by atoms with Crippen molar-refractivity contribution >= 4 is 22.9 Å². The Morgan fingerprint density at radius 2 is 1.82 bits per heavy atom. The molecule has 4 aromatic rings. The van der Waals surface area contributed by atoms with Crippen LogP contribution in [0.5, 0.6) is 5.75 Å². The molecule has 7 rings (SSSR count). The fourth-order valence-corrected chi connectivity index (χ4v) is 6.03. The maximum Gasteiger partial charge on any atom is 0.387 e. The molecule has 2 amide bonds. The number of fused-ring (bicyclic) bond motifs is 4. The molecule has 0 saturated carbocycles. The van der Waals surface area contributed by atoms with Gasteiger partial charge >= 0.3 is 12.6 Å². The molecule has 0 radical (unpaired) electrons. The molecule has 0 bridgehead atoms. The molecule has 39 heavy (non-hydrogen) atoms. The standard InChI is InChI=1S/C27H25F2N7O3/c28-25(29)39-23-4-2-1-3-19(23)21-7-8-35-24(37)20-6-5-16(11-22(20)36(21)35)17-12-30-26(31-13-17)33-9-10-34-18(15-33)14-32-27(34)38/h1-6,11-13,18,21,25H,7-10,14-15H2,(H,32,38)/t18-,21+/m1/s1. The molecule has 0 spiro atoms. The number of piperazine rings is 1. The van der Waals surface area contributed by atoms with Crippen molar-refractivity contribution < 1.29 is 18.3 Å². The Balaban J connectivity index is 1.21. The van der Waals surface area contributed by atoms with Crippen molar-refractivity contribution in [3.8, 4) is 16.9 Å². The molecule has 0 unspecified atom stereocenters. The van der Waals surface area contributed by atoms with Gasteiger partial charge in [-0.3, -0.25) is 9.48 Å². The second-order valence-corrected chi connectivity index (χ2v) is 9.98. The Hall–Kier alpha value is -4.48. The third-order valence-corrected chi connectivity index (χ3v) is 7.86. The van der Waals surface area contributed by atoms with Crippen LogP contribution in [0.2, 0.25) is 0 Å². The van der Waals surface area contributed by atoms with Crippen LogP contribution in [0.25, 0.3) is 22.0 Å². The monoisotopic (exact) mass is 533 g/mol. The van der Waals surface area contributed by atoms with Crippen LogP contribution in [0, 0.1) is 0 Å². The molecule has 2 aromatic carbocycles. The summed E-state index contributed by atoms with van der Waals surface area (Å²) in [6.07, 6.45) is 4.11. The van der Waals surface area contributed by atoms with Gasteiger partial charge in [-0.15, -0.1) is 0 Å². The molecule has 10 nitrogen and oxygen atoms in total. The zero-order chi connectivity index (χ0) is 26.7. The van der Waals surface area contributed by atoms with E-state index in [0.717, 1.165) is 11.1 Å². The van der Waals surface area contributed by atoms with Crippen molar-refractivity contribution in [2.24, 2.45) is 0 Å². The van der Waals surface area contributed by atoms with Crippen LogP contribution in [0.15, 0.2) is 59.7 Å². The summed E-state index contributed by atoms with van der Waals surface area (Å²) in [6, 6.07) is 12.1. The van der Waals surface area contributed by atoms with E-state index < -0.39 is 6.61 Å². The van der Waals surface area contributed by atoms with Gasteiger partial charge in [0.1, 0.15) is 5.75 Å². The minimum Gasteiger partial charge on any atom is -0.434 e. The lowest BCUT2D eigenvalue weighted by Gasteiger charge is -2.36. The number of ether oxygens (including phenoxy) is 1. The lowest BCUT2D eigenvalue weighted by Crippen LogP contribution is -2.52. The number of rotatable bonds is 5. The number of hydrogen-bond acceptors (Lipinski definition) is 6. The molecule has 2 atom stereocenters. The van der Waals surface area contributed by atoms with Crippen LogP contribution < -0.4 is 20.5 Å². The number of hydrogen-bond donors (Lipinski definition) is 1. The first-order valence-electron chi connectivity index (χ1n) is 12.9. The lowest BCUT2D eigenvalue weighted by molar-refractivity contribution is -0.0507. The van der Waals surface area contributed by atoms with E-state index in [-0.39, 0.29) is 29.4 Å². The van der Waals surface area contributed by atoms with Gasteiger partial charge in [0, 0.05) is 56.2 Å². The van der Waals surface area contributed by atoms with Crippen molar-refractivity contribution in [2.75, 3.05) is 31.1 Å². The number of benzene rings is 2.